The number of nitrogens with two attached hydrogens (primary N) is 1. The number of nitrogens with zero attached hydrogens (tertiary/aromatic N) is 3. The van der Waals surface area contributed by atoms with Crippen LogP contribution in [0.4, 0.5) is 10.2 Å². The van der Waals surface area contributed by atoms with Crippen LogP contribution in [0, 0.1) is 5.82 Å². The standard InChI is InChI=1S/C6H5FN4/c7-4-1-9-6-10-2-5(8)11(6)3-4/h1-3H,8H2. The van der Waals surface area contributed by atoms with Crippen molar-refractivity contribution in [1.29, 1.82) is 0 Å². The number of nitrogen functional groups attached to an aromatic ring is 1. The number of imidazole rings is 1. The maximum absolute atomic E-state index is 12.5. The van der Waals surface area contributed by atoms with Crippen molar-refractivity contribution in [3.05, 3.63) is 24.4 Å². The fraction of sp³-hybridized carbons (Fsp3) is 0. The van der Waals surface area contributed by atoms with Gasteiger partial charge in [-0.1, -0.05) is 0 Å². The first-order chi connectivity index (χ1) is 5.27. The lowest BCUT2D eigenvalue weighted by atomic mass is 10.6. The largest absolute Gasteiger partial charge is 0.383 e. The van der Waals surface area contributed by atoms with Crippen molar-refractivity contribution < 1.29 is 4.39 Å². The van der Waals surface area contributed by atoms with Crippen LogP contribution in [-0.4, -0.2) is 14.4 Å². The van der Waals surface area contributed by atoms with Gasteiger partial charge in [-0.3, -0.25) is 4.40 Å². The lowest BCUT2D eigenvalue weighted by Gasteiger charge is -1.93. The first-order valence-electron chi connectivity index (χ1n) is 3.01. The summed E-state index contributed by atoms with van der Waals surface area (Å²) in [6, 6.07) is 0. The second-order valence-corrected chi connectivity index (χ2v) is 2.13. The van der Waals surface area contributed by atoms with Crippen molar-refractivity contribution in [2.75, 3.05) is 5.73 Å². The van der Waals surface area contributed by atoms with Gasteiger partial charge >= 0.3 is 0 Å². The summed E-state index contributed by atoms with van der Waals surface area (Å²) in [7, 11) is 0. The predicted molar refractivity (Wildman–Crippen MR) is 37.4 cm³/mol. The van der Waals surface area contributed by atoms with E-state index in [4.69, 9.17) is 5.73 Å². The average Bonchev–Trinajstić information content (AvgIpc) is 2.33. The molecule has 0 spiro atoms. The molecule has 2 heterocycles. The molecule has 2 N–H and O–H groups in total. The Morgan fingerprint density at radius 2 is 2.09 bits per heavy atom. The summed E-state index contributed by atoms with van der Waals surface area (Å²) in [4.78, 5) is 7.52. The van der Waals surface area contributed by atoms with E-state index >= 15 is 0 Å². The number of rotatable bonds is 0. The van der Waals surface area contributed by atoms with Crippen LogP contribution in [0.2, 0.25) is 0 Å². The molecule has 2 aromatic heterocycles. The first kappa shape index (κ1) is 6.09. The SMILES string of the molecule is Nc1cnc2ncc(F)cn12. The van der Waals surface area contributed by atoms with Crippen LogP contribution in [0.25, 0.3) is 5.78 Å². The zero-order chi connectivity index (χ0) is 7.84. The third kappa shape index (κ3) is 0.813. The molecule has 2 aromatic rings. The van der Waals surface area contributed by atoms with Crippen LogP contribution in [0.1, 0.15) is 0 Å². The number of anilines is 1. The molecule has 11 heavy (non-hydrogen) atoms. The van der Waals surface area contributed by atoms with Crippen molar-refractivity contribution >= 4 is 11.6 Å². The van der Waals surface area contributed by atoms with Crippen LogP contribution in [0.5, 0.6) is 0 Å². The molecule has 0 aliphatic heterocycles. The molecule has 0 saturated carbocycles. The summed E-state index contributed by atoms with van der Waals surface area (Å²) in [6.07, 6.45) is 3.77. The highest BCUT2D eigenvalue weighted by Gasteiger charge is 2.00. The second kappa shape index (κ2) is 1.91. The Morgan fingerprint density at radius 3 is 2.91 bits per heavy atom. The molecule has 0 aromatic carbocycles. The summed E-state index contributed by atoms with van der Waals surface area (Å²) in [5.74, 6) is 0.359. The molecule has 0 aliphatic rings. The fourth-order valence-electron chi connectivity index (χ4n) is 0.868. The molecule has 0 radical (unpaired) electrons. The Hall–Kier alpha value is -1.65. The topological polar surface area (TPSA) is 56.2 Å². The smallest absolute Gasteiger partial charge is 0.235 e. The maximum Gasteiger partial charge on any atom is 0.235 e. The first-order valence-corrected chi connectivity index (χ1v) is 3.01. The van der Waals surface area contributed by atoms with Gasteiger partial charge in [-0.15, -0.1) is 0 Å². The van der Waals surface area contributed by atoms with Crippen LogP contribution in [0.3, 0.4) is 0 Å². The summed E-state index contributed by atoms with van der Waals surface area (Å²) < 4.78 is 13.9. The van der Waals surface area contributed by atoms with Crippen molar-refractivity contribution in [3.63, 3.8) is 0 Å². The van der Waals surface area contributed by atoms with E-state index in [1.54, 1.807) is 0 Å². The van der Waals surface area contributed by atoms with E-state index in [2.05, 4.69) is 9.97 Å². The Balaban J connectivity index is 2.87. The van der Waals surface area contributed by atoms with Gasteiger partial charge in [-0.25, -0.2) is 14.4 Å². The van der Waals surface area contributed by atoms with Gasteiger partial charge < -0.3 is 5.73 Å². The number of hydrogen-bond donors (Lipinski definition) is 1. The van der Waals surface area contributed by atoms with Gasteiger partial charge in [-0.2, -0.15) is 0 Å². The zero-order valence-electron chi connectivity index (χ0n) is 5.53. The molecule has 0 aliphatic carbocycles. The van der Waals surface area contributed by atoms with Gasteiger partial charge in [0.05, 0.1) is 18.6 Å². The second-order valence-electron chi connectivity index (χ2n) is 2.13. The van der Waals surface area contributed by atoms with E-state index in [1.165, 1.54) is 16.8 Å². The third-order valence-corrected chi connectivity index (χ3v) is 1.36. The van der Waals surface area contributed by atoms with Crippen LogP contribution < -0.4 is 5.73 Å². The minimum Gasteiger partial charge on any atom is -0.383 e. The highest BCUT2D eigenvalue weighted by molar-refractivity contribution is 5.41. The molecule has 0 saturated heterocycles. The van der Waals surface area contributed by atoms with Gasteiger partial charge in [-0.05, 0) is 0 Å². The Morgan fingerprint density at radius 1 is 1.36 bits per heavy atom. The van der Waals surface area contributed by atoms with E-state index < -0.39 is 5.82 Å². The predicted octanol–water partition coefficient (Wildman–Crippen LogP) is 0.451. The van der Waals surface area contributed by atoms with Gasteiger partial charge in [0.1, 0.15) is 5.82 Å². The Kier molecular flexibility index (Phi) is 1.06. The van der Waals surface area contributed by atoms with E-state index in [0.29, 0.717) is 11.6 Å². The van der Waals surface area contributed by atoms with E-state index in [-0.39, 0.29) is 0 Å². The van der Waals surface area contributed by atoms with Crippen LogP contribution >= 0.6 is 0 Å². The fourth-order valence-corrected chi connectivity index (χ4v) is 0.868. The van der Waals surface area contributed by atoms with Gasteiger partial charge in [0, 0.05) is 0 Å². The number of hydrogen-bond acceptors (Lipinski definition) is 3. The van der Waals surface area contributed by atoms with Crippen molar-refractivity contribution in [3.8, 4) is 0 Å². The van der Waals surface area contributed by atoms with Crippen molar-refractivity contribution in [2.24, 2.45) is 0 Å². The molecule has 2 rings (SSSR count). The monoisotopic (exact) mass is 152 g/mol. The lowest BCUT2D eigenvalue weighted by Crippen LogP contribution is -1.94. The third-order valence-electron chi connectivity index (χ3n) is 1.36. The van der Waals surface area contributed by atoms with Crippen molar-refractivity contribution in [1.82, 2.24) is 14.4 Å². The van der Waals surface area contributed by atoms with E-state index in [0.717, 1.165) is 6.20 Å². The number of aromatic nitrogens is 3. The minimum atomic E-state index is -0.429. The molecule has 4 nitrogen and oxygen atoms in total. The zero-order valence-corrected chi connectivity index (χ0v) is 5.53. The highest BCUT2D eigenvalue weighted by Crippen LogP contribution is 2.05. The molecule has 0 amide bonds. The Bertz CT molecular complexity index is 394. The van der Waals surface area contributed by atoms with Gasteiger partial charge in [0.15, 0.2) is 5.82 Å². The summed E-state index contributed by atoms with van der Waals surface area (Å²) in [5, 5.41) is 0. The molecular formula is C6H5FN4. The molecule has 0 atom stereocenters. The maximum atomic E-state index is 12.5. The molecule has 0 fully saturated rings. The number of fused-ring (bicyclic) bond motifs is 1. The summed E-state index contributed by atoms with van der Waals surface area (Å²) in [5.41, 5.74) is 5.44. The van der Waals surface area contributed by atoms with Crippen LogP contribution in [-0.2, 0) is 0 Å². The van der Waals surface area contributed by atoms with E-state index in [1.807, 2.05) is 0 Å². The van der Waals surface area contributed by atoms with Crippen molar-refractivity contribution in [2.45, 2.75) is 0 Å². The molecule has 56 valence electrons. The number of halogens is 1. The van der Waals surface area contributed by atoms with E-state index in [9.17, 15) is 4.39 Å². The quantitative estimate of drug-likeness (QED) is 0.596. The van der Waals surface area contributed by atoms with Crippen LogP contribution in [0.15, 0.2) is 18.6 Å². The normalized spacial score (nSPS) is 10.6. The molecular weight excluding hydrogens is 147 g/mol. The lowest BCUT2D eigenvalue weighted by molar-refractivity contribution is 0.612. The van der Waals surface area contributed by atoms with Gasteiger partial charge in [0.25, 0.3) is 0 Å². The minimum absolute atomic E-state index is 0.381. The molecule has 0 unspecified atom stereocenters. The summed E-state index contributed by atoms with van der Waals surface area (Å²) >= 11 is 0. The highest BCUT2D eigenvalue weighted by atomic mass is 19.1. The molecule has 0 bridgehead atoms. The molecule has 5 heteroatoms. The van der Waals surface area contributed by atoms with Gasteiger partial charge in [0.2, 0.25) is 5.78 Å². The Labute approximate surface area is 61.5 Å². The summed E-state index contributed by atoms with van der Waals surface area (Å²) in [6.45, 7) is 0. The average molecular weight is 152 g/mol.